The molecule has 0 radical (unpaired) electrons. The van der Waals surface area contributed by atoms with Gasteiger partial charge in [-0.2, -0.15) is 0 Å². The van der Waals surface area contributed by atoms with E-state index >= 15 is 0 Å². The van der Waals surface area contributed by atoms with Crippen molar-refractivity contribution in [2.75, 3.05) is 0 Å². The first-order valence-corrected chi connectivity index (χ1v) is 6.23. The summed E-state index contributed by atoms with van der Waals surface area (Å²) >= 11 is 7.53. The fourth-order valence-electron chi connectivity index (χ4n) is 1.26. The highest BCUT2D eigenvalue weighted by atomic mass is 35.5. The van der Waals surface area contributed by atoms with E-state index in [0.717, 1.165) is 22.2 Å². The van der Waals surface area contributed by atoms with Crippen LogP contribution in [0.15, 0.2) is 46.3 Å². The van der Waals surface area contributed by atoms with Gasteiger partial charge < -0.3 is 0 Å². The molecule has 16 heavy (non-hydrogen) atoms. The van der Waals surface area contributed by atoms with E-state index in [1.54, 1.807) is 17.8 Å². The molecule has 0 unspecified atom stereocenters. The van der Waals surface area contributed by atoms with Crippen molar-refractivity contribution in [1.29, 1.82) is 0 Å². The van der Waals surface area contributed by atoms with E-state index in [4.69, 9.17) is 11.6 Å². The maximum Gasteiger partial charge on any atom is 0.133 e. The van der Waals surface area contributed by atoms with Crippen molar-refractivity contribution in [2.24, 2.45) is 0 Å². The Morgan fingerprint density at radius 1 is 1.19 bits per heavy atom. The predicted octanol–water partition coefficient (Wildman–Crippen LogP) is 3.84. The van der Waals surface area contributed by atoms with Gasteiger partial charge in [0.15, 0.2) is 0 Å². The maximum absolute atomic E-state index is 5.93. The summed E-state index contributed by atoms with van der Waals surface area (Å²) in [6.45, 7) is 2.02. The molecule has 2 nitrogen and oxygen atoms in total. The Morgan fingerprint density at radius 2 is 1.94 bits per heavy atom. The van der Waals surface area contributed by atoms with Crippen LogP contribution in [-0.2, 0) is 6.42 Å². The van der Waals surface area contributed by atoms with E-state index in [2.05, 4.69) is 9.97 Å². The number of aromatic nitrogens is 2. The molecule has 82 valence electrons. The number of halogens is 1. The fourth-order valence-corrected chi connectivity index (χ4v) is 2.38. The van der Waals surface area contributed by atoms with E-state index in [9.17, 15) is 0 Å². The van der Waals surface area contributed by atoms with Crippen molar-refractivity contribution >= 4 is 23.4 Å². The van der Waals surface area contributed by atoms with Crippen LogP contribution in [0.2, 0.25) is 5.15 Å². The molecule has 4 heteroatoms. The molecule has 0 aliphatic heterocycles. The number of benzene rings is 1. The Kier molecular flexibility index (Phi) is 3.80. The van der Waals surface area contributed by atoms with E-state index in [1.807, 2.05) is 37.3 Å². The highest BCUT2D eigenvalue weighted by Crippen LogP contribution is 2.26. The lowest BCUT2D eigenvalue weighted by Gasteiger charge is -2.03. The standard InChI is InChI=1S/C12H11ClN2S/c1-2-11-14-10(13)8-12(15-11)16-9-6-4-3-5-7-9/h3-8H,2H2,1H3. The minimum atomic E-state index is 0.505. The van der Waals surface area contributed by atoms with Gasteiger partial charge in [0.2, 0.25) is 0 Å². The minimum Gasteiger partial charge on any atom is -0.226 e. The summed E-state index contributed by atoms with van der Waals surface area (Å²) in [5.74, 6) is 0.783. The van der Waals surface area contributed by atoms with Gasteiger partial charge in [-0.25, -0.2) is 9.97 Å². The highest BCUT2D eigenvalue weighted by Gasteiger charge is 2.03. The van der Waals surface area contributed by atoms with Crippen LogP contribution in [0.4, 0.5) is 0 Å². The average Bonchev–Trinajstić information content (AvgIpc) is 2.29. The monoisotopic (exact) mass is 250 g/mol. The quantitative estimate of drug-likeness (QED) is 0.774. The molecule has 0 aliphatic rings. The summed E-state index contributed by atoms with van der Waals surface area (Å²) in [5.41, 5.74) is 0. The number of hydrogen-bond acceptors (Lipinski definition) is 3. The first kappa shape index (κ1) is 11.4. The van der Waals surface area contributed by atoms with Crippen LogP contribution in [-0.4, -0.2) is 9.97 Å². The van der Waals surface area contributed by atoms with Crippen molar-refractivity contribution in [2.45, 2.75) is 23.3 Å². The largest absolute Gasteiger partial charge is 0.226 e. The van der Waals surface area contributed by atoms with Gasteiger partial charge in [0.1, 0.15) is 16.0 Å². The van der Waals surface area contributed by atoms with Crippen LogP contribution in [0.25, 0.3) is 0 Å². The van der Waals surface area contributed by atoms with Crippen LogP contribution >= 0.6 is 23.4 Å². The molecule has 0 aliphatic carbocycles. The Morgan fingerprint density at radius 3 is 2.62 bits per heavy atom. The zero-order valence-electron chi connectivity index (χ0n) is 8.85. The first-order valence-electron chi connectivity index (χ1n) is 5.04. The van der Waals surface area contributed by atoms with Gasteiger partial charge in [-0.05, 0) is 12.1 Å². The lowest BCUT2D eigenvalue weighted by Crippen LogP contribution is -1.94. The zero-order valence-corrected chi connectivity index (χ0v) is 10.4. The normalized spacial score (nSPS) is 10.4. The summed E-state index contributed by atoms with van der Waals surface area (Å²) < 4.78 is 0. The third-order valence-corrected chi connectivity index (χ3v) is 3.12. The van der Waals surface area contributed by atoms with E-state index < -0.39 is 0 Å². The molecule has 0 atom stereocenters. The molecule has 0 saturated carbocycles. The third kappa shape index (κ3) is 2.97. The number of hydrogen-bond donors (Lipinski definition) is 0. The van der Waals surface area contributed by atoms with Crippen molar-refractivity contribution in [3.05, 3.63) is 47.4 Å². The molecule has 0 fully saturated rings. The molecule has 1 aromatic heterocycles. The van der Waals surface area contributed by atoms with Crippen LogP contribution in [0.5, 0.6) is 0 Å². The maximum atomic E-state index is 5.93. The first-order chi connectivity index (χ1) is 7.78. The van der Waals surface area contributed by atoms with Crippen molar-refractivity contribution < 1.29 is 0 Å². The van der Waals surface area contributed by atoms with Crippen molar-refractivity contribution in [1.82, 2.24) is 9.97 Å². The summed E-state index contributed by atoms with van der Waals surface area (Å²) in [4.78, 5) is 9.70. The minimum absolute atomic E-state index is 0.505. The lowest BCUT2D eigenvalue weighted by molar-refractivity contribution is 0.889. The number of rotatable bonds is 3. The second-order valence-corrected chi connectivity index (χ2v) is 4.69. The molecule has 0 saturated heterocycles. The van der Waals surface area contributed by atoms with Crippen LogP contribution in [0.3, 0.4) is 0 Å². The summed E-state index contributed by atoms with van der Waals surface area (Å²) in [6.07, 6.45) is 0.795. The Balaban J connectivity index is 2.24. The Hall–Kier alpha value is -1.06. The van der Waals surface area contributed by atoms with Crippen molar-refractivity contribution in [3.63, 3.8) is 0 Å². The predicted molar refractivity (Wildman–Crippen MR) is 67.0 cm³/mol. The molecule has 2 rings (SSSR count). The smallest absolute Gasteiger partial charge is 0.133 e. The van der Waals surface area contributed by atoms with E-state index in [0.29, 0.717) is 5.15 Å². The Bertz CT molecular complexity index is 474. The molecule has 1 aromatic carbocycles. The van der Waals surface area contributed by atoms with Gasteiger partial charge >= 0.3 is 0 Å². The van der Waals surface area contributed by atoms with E-state index in [1.165, 1.54) is 0 Å². The van der Waals surface area contributed by atoms with Gasteiger partial charge in [0.05, 0.1) is 0 Å². The number of nitrogens with zero attached hydrogens (tertiary/aromatic N) is 2. The second-order valence-electron chi connectivity index (χ2n) is 3.21. The van der Waals surface area contributed by atoms with Crippen LogP contribution < -0.4 is 0 Å². The molecule has 0 amide bonds. The zero-order chi connectivity index (χ0) is 11.4. The molecule has 0 bridgehead atoms. The third-order valence-electron chi connectivity index (χ3n) is 2.00. The molecule has 1 heterocycles. The summed E-state index contributed by atoms with van der Waals surface area (Å²) in [6, 6.07) is 11.9. The molecular weight excluding hydrogens is 240 g/mol. The van der Waals surface area contributed by atoms with Gasteiger partial charge in [0, 0.05) is 17.4 Å². The topological polar surface area (TPSA) is 25.8 Å². The van der Waals surface area contributed by atoms with Gasteiger partial charge in [-0.15, -0.1) is 0 Å². The van der Waals surface area contributed by atoms with E-state index in [-0.39, 0.29) is 0 Å². The Labute approximate surface area is 104 Å². The molecule has 0 N–H and O–H groups in total. The van der Waals surface area contributed by atoms with Crippen LogP contribution in [0.1, 0.15) is 12.7 Å². The SMILES string of the molecule is CCc1nc(Cl)cc(Sc2ccccc2)n1. The summed E-state index contributed by atoms with van der Waals surface area (Å²) in [7, 11) is 0. The average molecular weight is 251 g/mol. The summed E-state index contributed by atoms with van der Waals surface area (Å²) in [5, 5.41) is 1.40. The van der Waals surface area contributed by atoms with Gasteiger partial charge in [-0.3, -0.25) is 0 Å². The van der Waals surface area contributed by atoms with Gasteiger partial charge in [-0.1, -0.05) is 48.5 Å². The molecule has 0 spiro atoms. The second kappa shape index (κ2) is 5.32. The van der Waals surface area contributed by atoms with Gasteiger partial charge in [0.25, 0.3) is 0 Å². The highest BCUT2D eigenvalue weighted by molar-refractivity contribution is 7.99. The molecular formula is C12H11ClN2S. The molecule has 2 aromatic rings. The lowest BCUT2D eigenvalue weighted by atomic mass is 10.4. The number of aryl methyl sites for hydroxylation is 1. The fraction of sp³-hybridized carbons (Fsp3) is 0.167. The van der Waals surface area contributed by atoms with Crippen LogP contribution in [0, 0.1) is 0 Å². The van der Waals surface area contributed by atoms with Crippen molar-refractivity contribution in [3.8, 4) is 0 Å².